The molecule has 2 heterocycles. The Hall–Kier alpha value is -5.05. The third-order valence-electron chi connectivity index (χ3n) is 10.5. The van der Waals surface area contributed by atoms with E-state index >= 15 is 0 Å². The van der Waals surface area contributed by atoms with Crippen molar-refractivity contribution in [2.45, 2.75) is 47.6 Å². The summed E-state index contributed by atoms with van der Waals surface area (Å²) in [6.45, 7) is 3.51. The first-order valence-electron chi connectivity index (χ1n) is 19.2. The molecule has 0 aliphatic carbocycles. The van der Waals surface area contributed by atoms with Gasteiger partial charge in [0.15, 0.2) is 5.82 Å². The minimum Gasteiger partial charge on any atom is -0.376 e. The van der Waals surface area contributed by atoms with Crippen molar-refractivity contribution in [1.29, 1.82) is 0 Å². The van der Waals surface area contributed by atoms with Gasteiger partial charge in [-0.1, -0.05) is 72.3 Å². The summed E-state index contributed by atoms with van der Waals surface area (Å²) in [6.07, 6.45) is 4.02. The van der Waals surface area contributed by atoms with Crippen molar-refractivity contribution >= 4 is 61.5 Å². The lowest BCUT2D eigenvalue weighted by molar-refractivity contribution is -0.384. The molecule has 2 N–H and O–H groups in total. The lowest BCUT2D eigenvalue weighted by atomic mass is 9.88. The number of thioether (sulfide) groups is 1. The molecular weight excluding hydrogens is 790 g/mol. The predicted octanol–water partition coefficient (Wildman–Crippen LogP) is 9.56. The number of piperidine rings is 1. The van der Waals surface area contributed by atoms with Gasteiger partial charge in [-0.15, -0.1) is 11.8 Å². The number of likely N-dealkylation sites (tertiary alicyclic amines) is 1. The smallest absolute Gasteiger partial charge is 0.293 e. The number of hydrogen-bond donors (Lipinski definition) is 2. The predicted molar refractivity (Wildman–Crippen MR) is 235 cm³/mol. The van der Waals surface area contributed by atoms with E-state index in [0.29, 0.717) is 22.6 Å². The van der Waals surface area contributed by atoms with Gasteiger partial charge in [-0.3, -0.25) is 19.7 Å². The lowest BCUT2D eigenvalue weighted by Crippen LogP contribution is -2.32. The number of halogens is 1. The molecule has 0 radical (unpaired) electrons. The Morgan fingerprint density at radius 2 is 1.67 bits per heavy atom. The highest BCUT2D eigenvalue weighted by molar-refractivity contribution is 7.99. The molecule has 0 bridgehead atoms. The van der Waals surface area contributed by atoms with Crippen LogP contribution >= 0.6 is 23.4 Å². The third kappa shape index (κ3) is 10.3. The molecule has 1 fully saturated rings. The number of nitrogens with one attached hydrogen (secondary N) is 2. The minimum absolute atomic E-state index is 0.109. The zero-order chi connectivity index (χ0) is 40.6. The topological polar surface area (TPSA) is 134 Å². The van der Waals surface area contributed by atoms with Crippen LogP contribution in [0.4, 0.5) is 17.2 Å². The van der Waals surface area contributed by atoms with Crippen LogP contribution in [0.3, 0.4) is 0 Å². The summed E-state index contributed by atoms with van der Waals surface area (Å²) in [4.78, 5) is 25.9. The standard InChI is InChI=1S/C44H46ClN7O4S2/c1-50(2)23-22-36(29-57-37-9-4-3-5-10-37)48-41-19-17-38(27-43(41)52(53)54)58(55,56)49-44-40-18-14-33(26-42(40)46-30-47-44)31-20-24-51(25-21-31)28-34-8-6-7-11-39(34)32-12-15-35(45)16-13-32/h3-19,26-27,30-31,36,48H,20-25,28-29H2,1-2H3,(H,46,47,49). The van der Waals surface area contributed by atoms with E-state index in [1.807, 2.05) is 74.8 Å². The van der Waals surface area contributed by atoms with Crippen LogP contribution in [0.15, 0.2) is 131 Å². The largest absolute Gasteiger partial charge is 0.376 e. The van der Waals surface area contributed by atoms with Crippen LogP contribution in [-0.2, 0) is 16.6 Å². The van der Waals surface area contributed by atoms with Crippen molar-refractivity contribution < 1.29 is 13.3 Å². The summed E-state index contributed by atoms with van der Waals surface area (Å²) in [5.41, 5.74) is 5.34. The first kappa shape index (κ1) is 41.1. The van der Waals surface area contributed by atoms with Crippen molar-refractivity contribution in [3.63, 3.8) is 0 Å². The number of rotatable bonds is 16. The van der Waals surface area contributed by atoms with Crippen LogP contribution in [0.5, 0.6) is 0 Å². The number of benzene rings is 5. The monoisotopic (exact) mass is 835 g/mol. The second-order valence-corrected chi connectivity index (χ2v) is 18.0. The molecular formula is C44H46ClN7O4S2. The first-order valence-corrected chi connectivity index (χ1v) is 22.1. The molecule has 58 heavy (non-hydrogen) atoms. The Morgan fingerprint density at radius 1 is 0.931 bits per heavy atom. The summed E-state index contributed by atoms with van der Waals surface area (Å²) in [7, 11) is -0.296. The summed E-state index contributed by atoms with van der Waals surface area (Å²) >= 11 is 7.80. The molecule has 6 aromatic rings. The molecule has 1 aliphatic rings. The van der Waals surface area contributed by atoms with Crippen molar-refractivity contribution in [2.75, 3.05) is 49.5 Å². The van der Waals surface area contributed by atoms with Crippen molar-refractivity contribution in [3.05, 3.63) is 148 Å². The van der Waals surface area contributed by atoms with Crippen LogP contribution in [0.25, 0.3) is 22.0 Å². The van der Waals surface area contributed by atoms with Crippen molar-refractivity contribution in [3.8, 4) is 11.1 Å². The number of nitro groups is 1. The van der Waals surface area contributed by atoms with Gasteiger partial charge in [-0.2, -0.15) is 0 Å². The van der Waals surface area contributed by atoms with E-state index in [4.69, 9.17) is 11.6 Å². The van der Waals surface area contributed by atoms with Crippen molar-refractivity contribution in [2.24, 2.45) is 0 Å². The minimum atomic E-state index is -4.25. The summed E-state index contributed by atoms with van der Waals surface area (Å²) in [6, 6.07) is 36.2. The van der Waals surface area contributed by atoms with Crippen LogP contribution in [-0.4, -0.2) is 78.6 Å². The molecule has 1 atom stereocenters. The SMILES string of the molecule is CN(C)CCC(CSc1ccccc1)Nc1ccc(S(=O)(=O)Nc2ncnc3cc(C4CCN(Cc5ccccc5-c5ccc(Cl)cc5)CC4)ccc23)cc1[N+](=O)[O-]. The first-order chi connectivity index (χ1) is 28.0. The van der Waals surface area contributed by atoms with Crippen LogP contribution in [0.1, 0.15) is 36.3 Å². The normalized spacial score (nSPS) is 14.4. The van der Waals surface area contributed by atoms with Gasteiger partial charge in [0, 0.05) is 39.7 Å². The third-order valence-corrected chi connectivity index (χ3v) is 13.2. The van der Waals surface area contributed by atoms with Gasteiger partial charge in [0.2, 0.25) is 0 Å². The summed E-state index contributed by atoms with van der Waals surface area (Å²) in [5, 5.41) is 16.9. The van der Waals surface area contributed by atoms with E-state index in [-0.39, 0.29) is 28.1 Å². The van der Waals surface area contributed by atoms with E-state index in [9.17, 15) is 18.5 Å². The van der Waals surface area contributed by atoms with E-state index < -0.39 is 14.9 Å². The highest BCUT2D eigenvalue weighted by atomic mass is 35.5. The molecule has 1 aliphatic heterocycles. The van der Waals surface area contributed by atoms with Gasteiger partial charge in [0.05, 0.1) is 15.3 Å². The zero-order valence-corrected chi connectivity index (χ0v) is 34.8. The molecule has 5 aromatic carbocycles. The molecule has 300 valence electrons. The molecule has 14 heteroatoms. The van der Waals surface area contributed by atoms with Gasteiger partial charge in [0.1, 0.15) is 12.0 Å². The summed E-state index contributed by atoms with van der Waals surface area (Å²) < 4.78 is 30.1. The number of nitrogens with zero attached hydrogens (tertiary/aromatic N) is 5. The van der Waals surface area contributed by atoms with Crippen molar-refractivity contribution in [1.82, 2.24) is 19.8 Å². The van der Waals surface area contributed by atoms with E-state index in [0.717, 1.165) is 72.6 Å². The molecule has 0 spiro atoms. The van der Waals surface area contributed by atoms with Gasteiger partial charge in [0.25, 0.3) is 15.7 Å². The molecule has 0 amide bonds. The number of nitro benzene ring substituents is 1. The fraction of sp³-hybridized carbons (Fsp3) is 0.273. The Kier molecular flexibility index (Phi) is 13.2. The number of aromatic nitrogens is 2. The van der Waals surface area contributed by atoms with Gasteiger partial charge >= 0.3 is 0 Å². The Labute approximate surface area is 349 Å². The highest BCUT2D eigenvalue weighted by Gasteiger charge is 2.26. The molecule has 1 saturated heterocycles. The second kappa shape index (κ2) is 18.7. The van der Waals surface area contributed by atoms with Crippen LogP contribution in [0.2, 0.25) is 5.02 Å². The Balaban J connectivity index is 1.02. The van der Waals surface area contributed by atoms with E-state index in [2.05, 4.69) is 66.2 Å². The maximum absolute atomic E-state index is 13.7. The number of anilines is 2. The maximum Gasteiger partial charge on any atom is 0.293 e. The average Bonchev–Trinajstić information content (AvgIpc) is 3.23. The van der Waals surface area contributed by atoms with Gasteiger partial charge in [-0.25, -0.2) is 18.4 Å². The van der Waals surface area contributed by atoms with Gasteiger partial charge in [-0.05, 0) is 130 Å². The van der Waals surface area contributed by atoms with E-state index in [1.165, 1.54) is 29.6 Å². The lowest BCUT2D eigenvalue weighted by Gasteiger charge is -2.32. The molecule has 11 nitrogen and oxygen atoms in total. The van der Waals surface area contributed by atoms with Gasteiger partial charge < -0.3 is 10.2 Å². The maximum atomic E-state index is 13.7. The highest BCUT2D eigenvalue weighted by Crippen LogP contribution is 2.35. The van der Waals surface area contributed by atoms with Crippen LogP contribution in [0, 0.1) is 10.1 Å². The van der Waals surface area contributed by atoms with E-state index in [1.54, 1.807) is 11.8 Å². The average molecular weight is 836 g/mol. The Bertz CT molecular complexity index is 2470. The Morgan fingerprint density at radius 3 is 2.41 bits per heavy atom. The number of sulfonamides is 1. The molecule has 1 aromatic heterocycles. The zero-order valence-electron chi connectivity index (χ0n) is 32.4. The summed E-state index contributed by atoms with van der Waals surface area (Å²) in [5.74, 6) is 1.10. The fourth-order valence-electron chi connectivity index (χ4n) is 7.33. The quantitative estimate of drug-likeness (QED) is 0.0552. The molecule has 7 rings (SSSR count). The van der Waals surface area contributed by atoms with Crippen LogP contribution < -0.4 is 10.0 Å². The number of fused-ring (bicyclic) bond motifs is 1. The second-order valence-electron chi connectivity index (χ2n) is 14.8. The molecule has 0 saturated carbocycles. The fourth-order valence-corrected chi connectivity index (χ4v) is 9.49. The number of hydrogen-bond acceptors (Lipinski definition) is 10. The molecule has 1 unspecified atom stereocenters.